The van der Waals surface area contributed by atoms with E-state index in [1.807, 2.05) is 65.2 Å². The average molecular weight is 423 g/mol. The fraction of sp³-hybridized carbons (Fsp3) is 0.136. The number of aromatic nitrogens is 2. The van der Waals surface area contributed by atoms with Crippen molar-refractivity contribution in [2.75, 3.05) is 5.73 Å². The molecule has 5 heteroatoms. The molecule has 0 radical (unpaired) electrons. The highest BCUT2D eigenvalue weighted by atomic mass is 79.9. The summed E-state index contributed by atoms with van der Waals surface area (Å²) in [5, 5.41) is 10.7. The molecule has 0 amide bonds. The van der Waals surface area contributed by atoms with Gasteiger partial charge in [0.25, 0.3) is 0 Å². The van der Waals surface area contributed by atoms with E-state index in [9.17, 15) is 5.11 Å². The van der Waals surface area contributed by atoms with E-state index >= 15 is 0 Å². The second kappa shape index (κ2) is 7.55. The van der Waals surface area contributed by atoms with Crippen molar-refractivity contribution in [1.82, 2.24) is 4.57 Å². The van der Waals surface area contributed by atoms with Crippen molar-refractivity contribution in [1.29, 1.82) is 0 Å². The molecule has 0 fully saturated rings. The van der Waals surface area contributed by atoms with E-state index in [0.717, 1.165) is 21.1 Å². The van der Waals surface area contributed by atoms with Crippen LogP contribution in [0.3, 0.4) is 0 Å². The first-order valence-electron chi connectivity index (χ1n) is 8.87. The first kappa shape index (κ1) is 17.8. The molecule has 0 saturated heterocycles. The molecule has 4 nitrogen and oxygen atoms in total. The molecule has 3 aromatic carbocycles. The van der Waals surface area contributed by atoms with Gasteiger partial charge in [-0.15, -0.1) is 0 Å². The van der Waals surface area contributed by atoms with Crippen LogP contribution in [0.5, 0.6) is 0 Å². The third kappa shape index (κ3) is 3.61. The van der Waals surface area contributed by atoms with Crippen LogP contribution in [0, 0.1) is 0 Å². The van der Waals surface area contributed by atoms with E-state index in [2.05, 4.69) is 38.7 Å². The van der Waals surface area contributed by atoms with Gasteiger partial charge >= 0.3 is 5.95 Å². The summed E-state index contributed by atoms with van der Waals surface area (Å²) in [7, 11) is 0. The molecule has 0 unspecified atom stereocenters. The number of nitrogen functional groups attached to an aromatic ring is 1. The van der Waals surface area contributed by atoms with Crippen LogP contribution in [0.15, 0.2) is 83.3 Å². The Hall–Kier alpha value is -2.63. The van der Waals surface area contributed by atoms with Crippen LogP contribution < -0.4 is 10.3 Å². The number of nitrogens with zero attached hydrogens (tertiary/aromatic N) is 2. The third-order valence-electron chi connectivity index (χ3n) is 4.81. The van der Waals surface area contributed by atoms with Crippen molar-refractivity contribution in [3.63, 3.8) is 0 Å². The zero-order valence-corrected chi connectivity index (χ0v) is 16.4. The van der Waals surface area contributed by atoms with Crippen molar-refractivity contribution < 1.29 is 9.67 Å². The van der Waals surface area contributed by atoms with E-state index < -0.39 is 6.10 Å². The number of aliphatic hydroxyl groups excluding tert-OH is 1. The van der Waals surface area contributed by atoms with Crippen LogP contribution in [0.25, 0.3) is 11.0 Å². The number of rotatable bonds is 5. The molecule has 1 heterocycles. The number of imidazole rings is 1. The fourth-order valence-electron chi connectivity index (χ4n) is 3.40. The molecule has 0 bridgehead atoms. The Bertz CT molecular complexity index is 1060. The quantitative estimate of drug-likeness (QED) is 0.476. The van der Waals surface area contributed by atoms with Crippen molar-refractivity contribution in [2.45, 2.75) is 19.2 Å². The second-order valence-electron chi connectivity index (χ2n) is 6.60. The van der Waals surface area contributed by atoms with Crippen LogP contribution >= 0.6 is 15.9 Å². The van der Waals surface area contributed by atoms with Crippen LogP contribution in [0.2, 0.25) is 0 Å². The van der Waals surface area contributed by atoms with Crippen LogP contribution in [-0.4, -0.2) is 9.67 Å². The number of hydrogen-bond acceptors (Lipinski definition) is 2. The average Bonchev–Trinajstić information content (AvgIpc) is 2.95. The smallest absolute Gasteiger partial charge is 0.356 e. The molecular weight excluding hydrogens is 402 g/mol. The highest BCUT2D eigenvalue weighted by Crippen LogP contribution is 2.23. The number of halogens is 1. The van der Waals surface area contributed by atoms with Crippen LogP contribution in [-0.2, 0) is 13.1 Å². The van der Waals surface area contributed by atoms with Gasteiger partial charge in [-0.25, -0.2) is 9.13 Å². The topological polar surface area (TPSA) is 55.1 Å². The molecule has 0 aliphatic rings. The van der Waals surface area contributed by atoms with Gasteiger partial charge in [-0.05, 0) is 35.4 Å². The molecule has 1 atom stereocenters. The van der Waals surface area contributed by atoms with Crippen molar-refractivity contribution in [3.05, 3.63) is 94.5 Å². The Kier molecular flexibility index (Phi) is 4.97. The maximum Gasteiger partial charge on any atom is 0.356 e. The van der Waals surface area contributed by atoms with Gasteiger partial charge in [0, 0.05) is 4.47 Å². The summed E-state index contributed by atoms with van der Waals surface area (Å²) in [5.74, 6) is 0.635. The summed E-state index contributed by atoms with van der Waals surface area (Å²) in [6.45, 7) is 1.09. The molecule has 3 N–H and O–H groups in total. The normalized spacial score (nSPS) is 12.4. The molecule has 4 aromatic rings. The summed E-state index contributed by atoms with van der Waals surface area (Å²) in [6.07, 6.45) is -0.638. The number of fused-ring (bicyclic) bond motifs is 1. The van der Waals surface area contributed by atoms with Gasteiger partial charge in [-0.3, -0.25) is 5.73 Å². The summed E-state index contributed by atoms with van der Waals surface area (Å²) < 4.78 is 5.08. The molecule has 136 valence electrons. The van der Waals surface area contributed by atoms with E-state index in [-0.39, 0.29) is 0 Å². The maximum absolute atomic E-state index is 10.7. The third-order valence-corrected chi connectivity index (χ3v) is 5.34. The SMILES string of the molecule is Nc1n(C[C@@H](O)c2ccc(Br)cc2)c2ccccc2[n+]1Cc1ccccc1. The number of benzene rings is 3. The van der Waals surface area contributed by atoms with Gasteiger partial charge in [-0.2, -0.15) is 0 Å². The van der Waals surface area contributed by atoms with E-state index in [0.29, 0.717) is 19.0 Å². The van der Waals surface area contributed by atoms with E-state index in [1.165, 1.54) is 5.56 Å². The number of hydrogen-bond donors (Lipinski definition) is 2. The highest BCUT2D eigenvalue weighted by molar-refractivity contribution is 9.10. The first-order valence-corrected chi connectivity index (χ1v) is 9.67. The first-order chi connectivity index (χ1) is 13.1. The Morgan fingerprint density at radius 3 is 2.33 bits per heavy atom. The predicted molar refractivity (Wildman–Crippen MR) is 111 cm³/mol. The number of nitrogens with two attached hydrogens (primary N) is 1. The standard InChI is InChI=1S/C22H20BrN3O/c23-18-12-10-17(11-13-18)21(27)15-26-20-9-5-4-8-19(20)25(22(26)24)14-16-6-2-1-3-7-16/h1-13,21,24,27H,14-15H2/p+1/t21-/m1/s1. The van der Waals surface area contributed by atoms with Crippen molar-refractivity contribution in [2.24, 2.45) is 0 Å². The molecule has 0 aliphatic heterocycles. The fourth-order valence-corrected chi connectivity index (χ4v) is 3.66. The summed E-state index contributed by atoms with van der Waals surface area (Å²) in [5.41, 5.74) is 10.6. The van der Waals surface area contributed by atoms with Crippen LogP contribution in [0.4, 0.5) is 5.95 Å². The van der Waals surface area contributed by atoms with Gasteiger partial charge in [0.2, 0.25) is 0 Å². The Balaban J connectivity index is 1.72. The molecular formula is C22H21BrN3O+. The zero-order chi connectivity index (χ0) is 18.8. The molecule has 4 rings (SSSR count). The number of para-hydroxylation sites is 2. The summed E-state index contributed by atoms with van der Waals surface area (Å²) >= 11 is 3.43. The Morgan fingerprint density at radius 1 is 0.926 bits per heavy atom. The number of aliphatic hydroxyl groups is 1. The van der Waals surface area contributed by atoms with Gasteiger partial charge < -0.3 is 5.11 Å². The Morgan fingerprint density at radius 2 is 1.59 bits per heavy atom. The zero-order valence-electron chi connectivity index (χ0n) is 14.8. The maximum atomic E-state index is 10.7. The van der Waals surface area contributed by atoms with Gasteiger partial charge in [0.15, 0.2) is 0 Å². The van der Waals surface area contributed by atoms with E-state index in [1.54, 1.807) is 0 Å². The molecule has 0 saturated carbocycles. The molecule has 0 spiro atoms. The Labute approximate surface area is 166 Å². The minimum atomic E-state index is -0.638. The molecule has 1 aromatic heterocycles. The highest BCUT2D eigenvalue weighted by Gasteiger charge is 2.23. The lowest BCUT2D eigenvalue weighted by Crippen LogP contribution is -2.37. The summed E-state index contributed by atoms with van der Waals surface area (Å²) in [4.78, 5) is 0. The van der Waals surface area contributed by atoms with Gasteiger partial charge in [0.1, 0.15) is 23.7 Å². The monoisotopic (exact) mass is 422 g/mol. The van der Waals surface area contributed by atoms with E-state index in [4.69, 9.17) is 5.73 Å². The predicted octanol–water partition coefficient (Wildman–Crippen LogP) is 4.06. The molecule has 0 aliphatic carbocycles. The second-order valence-corrected chi connectivity index (χ2v) is 7.51. The minimum Gasteiger partial charge on any atom is -0.385 e. The minimum absolute atomic E-state index is 0.399. The van der Waals surface area contributed by atoms with Gasteiger partial charge in [-0.1, -0.05) is 70.5 Å². The van der Waals surface area contributed by atoms with Crippen molar-refractivity contribution >= 4 is 32.9 Å². The van der Waals surface area contributed by atoms with Crippen molar-refractivity contribution in [3.8, 4) is 0 Å². The summed E-state index contributed by atoms with van der Waals surface area (Å²) in [6, 6.07) is 26.1. The number of anilines is 1. The van der Waals surface area contributed by atoms with Crippen LogP contribution in [0.1, 0.15) is 17.2 Å². The lowest BCUT2D eigenvalue weighted by Gasteiger charge is -2.11. The lowest BCUT2D eigenvalue weighted by atomic mass is 10.1. The largest absolute Gasteiger partial charge is 0.385 e. The molecule has 27 heavy (non-hydrogen) atoms. The van der Waals surface area contributed by atoms with Gasteiger partial charge in [0.05, 0.1) is 6.54 Å². The lowest BCUT2D eigenvalue weighted by molar-refractivity contribution is -0.648.